The first-order chi connectivity index (χ1) is 17.2. The number of hydrogen-bond donors (Lipinski definition) is 3. The summed E-state index contributed by atoms with van der Waals surface area (Å²) in [5, 5.41) is 12.8. The van der Waals surface area contributed by atoms with Crippen LogP contribution in [-0.2, 0) is 11.4 Å². The number of nitrogens with one attached hydrogen (secondary N) is 2. The van der Waals surface area contributed by atoms with E-state index >= 15 is 0 Å². The van der Waals surface area contributed by atoms with Crippen LogP contribution in [-0.4, -0.2) is 52.5 Å². The second kappa shape index (κ2) is 10.8. The topological polar surface area (TPSA) is 140 Å². The largest absolute Gasteiger partial charge is 0.485 e. The Morgan fingerprint density at radius 2 is 1.92 bits per heavy atom. The maximum atomic E-state index is 13.7. The summed E-state index contributed by atoms with van der Waals surface area (Å²) in [6.07, 6.45) is 0. The Morgan fingerprint density at radius 1 is 1.17 bits per heavy atom. The number of nitrogen functional groups attached to an aromatic ring is 1. The molecule has 1 aromatic heterocycles. The third-order valence-electron chi connectivity index (χ3n) is 5.24. The molecule has 36 heavy (non-hydrogen) atoms. The van der Waals surface area contributed by atoms with Crippen molar-refractivity contribution >= 4 is 52.4 Å². The lowest BCUT2D eigenvalue weighted by Crippen LogP contribution is -2.49. The van der Waals surface area contributed by atoms with Crippen LogP contribution in [0.4, 0.5) is 15.9 Å². The summed E-state index contributed by atoms with van der Waals surface area (Å²) < 4.78 is 19.3. The normalized spacial score (nSPS) is 13.2. The lowest BCUT2D eigenvalue weighted by Gasteiger charge is -2.26. The number of aromatic nitrogens is 2. The van der Waals surface area contributed by atoms with Gasteiger partial charge in [0.25, 0.3) is 11.8 Å². The molecule has 1 aliphatic rings. The standard InChI is InChI=1S/C23H19Cl2FN6O4/c24-15-5-6-16(26)20(25)14(15)11-36-18-9-17(30-31-21(18)27)22(34)29-13-3-1-12(2-4-13)23(35)32-8-7-28-19(33)10-32/h1-6,9H,7-8,10-11H2,(H2,27,31)(H,28,33)(H,29,34). The van der Waals surface area contributed by atoms with Crippen molar-refractivity contribution in [1.82, 2.24) is 20.4 Å². The molecular formula is C23H19Cl2FN6O4. The predicted molar refractivity (Wildman–Crippen MR) is 131 cm³/mol. The van der Waals surface area contributed by atoms with E-state index in [0.717, 1.165) is 6.07 Å². The Hall–Kier alpha value is -3.96. The molecule has 4 N–H and O–H groups in total. The number of anilines is 2. The Morgan fingerprint density at radius 3 is 2.64 bits per heavy atom. The van der Waals surface area contributed by atoms with Crippen LogP contribution in [0.3, 0.4) is 0 Å². The fourth-order valence-corrected chi connectivity index (χ4v) is 3.83. The number of amides is 3. The number of nitrogens with two attached hydrogens (primary N) is 1. The van der Waals surface area contributed by atoms with Crippen molar-refractivity contribution in [1.29, 1.82) is 0 Å². The maximum Gasteiger partial charge on any atom is 0.276 e. The highest BCUT2D eigenvalue weighted by molar-refractivity contribution is 6.36. The van der Waals surface area contributed by atoms with E-state index in [1.54, 1.807) is 24.3 Å². The molecule has 0 bridgehead atoms. The number of nitrogens with zero attached hydrogens (tertiary/aromatic N) is 3. The van der Waals surface area contributed by atoms with Gasteiger partial charge in [0.2, 0.25) is 5.91 Å². The first-order valence-corrected chi connectivity index (χ1v) is 11.3. The van der Waals surface area contributed by atoms with Gasteiger partial charge in [0.15, 0.2) is 17.3 Å². The zero-order chi connectivity index (χ0) is 25.8. The Balaban J connectivity index is 1.42. The van der Waals surface area contributed by atoms with Gasteiger partial charge in [-0.15, -0.1) is 10.2 Å². The van der Waals surface area contributed by atoms with E-state index in [9.17, 15) is 18.8 Å². The Labute approximate surface area is 214 Å². The van der Waals surface area contributed by atoms with Gasteiger partial charge in [-0.05, 0) is 36.4 Å². The van der Waals surface area contributed by atoms with Crippen molar-refractivity contribution in [2.45, 2.75) is 6.61 Å². The molecule has 0 radical (unpaired) electrons. The molecule has 13 heteroatoms. The zero-order valence-corrected chi connectivity index (χ0v) is 20.1. The van der Waals surface area contributed by atoms with Gasteiger partial charge in [-0.1, -0.05) is 23.2 Å². The fraction of sp³-hybridized carbons (Fsp3) is 0.174. The van der Waals surface area contributed by atoms with E-state index in [-0.39, 0.29) is 57.8 Å². The first-order valence-electron chi connectivity index (χ1n) is 10.6. The summed E-state index contributed by atoms with van der Waals surface area (Å²) in [5.74, 6) is -1.83. The smallest absolute Gasteiger partial charge is 0.276 e. The monoisotopic (exact) mass is 532 g/mol. The van der Waals surface area contributed by atoms with E-state index < -0.39 is 11.7 Å². The highest BCUT2D eigenvalue weighted by Crippen LogP contribution is 2.29. The molecule has 2 aromatic carbocycles. The van der Waals surface area contributed by atoms with Crippen LogP contribution < -0.4 is 21.1 Å². The number of ether oxygens (including phenoxy) is 1. The van der Waals surface area contributed by atoms with Crippen molar-refractivity contribution in [3.05, 3.63) is 75.1 Å². The second-order valence-corrected chi connectivity index (χ2v) is 8.48. The molecule has 0 atom stereocenters. The molecule has 3 aromatic rings. The fourth-order valence-electron chi connectivity index (χ4n) is 3.35. The number of halogens is 3. The van der Waals surface area contributed by atoms with Gasteiger partial charge in [-0.3, -0.25) is 14.4 Å². The maximum absolute atomic E-state index is 13.7. The van der Waals surface area contributed by atoms with E-state index in [2.05, 4.69) is 20.8 Å². The van der Waals surface area contributed by atoms with Crippen LogP contribution in [0.25, 0.3) is 0 Å². The average Bonchev–Trinajstić information content (AvgIpc) is 2.87. The van der Waals surface area contributed by atoms with Gasteiger partial charge in [-0.25, -0.2) is 4.39 Å². The minimum absolute atomic E-state index is 0.00481. The van der Waals surface area contributed by atoms with Crippen LogP contribution in [0.5, 0.6) is 5.75 Å². The highest BCUT2D eigenvalue weighted by atomic mass is 35.5. The van der Waals surface area contributed by atoms with E-state index in [1.165, 1.54) is 17.0 Å². The van der Waals surface area contributed by atoms with Crippen molar-refractivity contribution in [3.8, 4) is 5.75 Å². The molecule has 3 amide bonds. The number of piperazine rings is 1. The summed E-state index contributed by atoms with van der Waals surface area (Å²) in [6, 6.07) is 9.93. The predicted octanol–water partition coefficient (Wildman–Crippen LogP) is 2.91. The molecule has 10 nitrogen and oxygen atoms in total. The van der Waals surface area contributed by atoms with Crippen LogP contribution in [0.2, 0.25) is 10.0 Å². The molecule has 1 aliphatic heterocycles. The lowest BCUT2D eigenvalue weighted by atomic mass is 10.1. The Bertz CT molecular complexity index is 1340. The number of carbonyl (C=O) groups excluding carboxylic acids is 3. The summed E-state index contributed by atoms with van der Waals surface area (Å²) in [5.41, 5.74) is 6.67. The number of rotatable bonds is 6. The number of hydrogen-bond acceptors (Lipinski definition) is 7. The molecule has 4 rings (SSSR count). The second-order valence-electron chi connectivity index (χ2n) is 7.70. The lowest BCUT2D eigenvalue weighted by molar-refractivity contribution is -0.123. The van der Waals surface area contributed by atoms with Crippen molar-refractivity contribution in [2.24, 2.45) is 0 Å². The number of carbonyl (C=O) groups is 3. The van der Waals surface area contributed by atoms with E-state index in [0.29, 0.717) is 24.3 Å². The van der Waals surface area contributed by atoms with Gasteiger partial charge in [-0.2, -0.15) is 0 Å². The van der Waals surface area contributed by atoms with Gasteiger partial charge >= 0.3 is 0 Å². The molecule has 0 unspecified atom stereocenters. The summed E-state index contributed by atoms with van der Waals surface area (Å²) in [7, 11) is 0. The van der Waals surface area contributed by atoms with Crippen molar-refractivity contribution in [3.63, 3.8) is 0 Å². The van der Waals surface area contributed by atoms with Crippen LogP contribution in [0, 0.1) is 5.82 Å². The first kappa shape index (κ1) is 25.1. The van der Waals surface area contributed by atoms with Crippen molar-refractivity contribution in [2.75, 3.05) is 30.7 Å². The van der Waals surface area contributed by atoms with Crippen LogP contribution in [0.15, 0.2) is 42.5 Å². The Kier molecular flexibility index (Phi) is 7.51. The highest BCUT2D eigenvalue weighted by Gasteiger charge is 2.22. The van der Waals surface area contributed by atoms with E-state index in [1.807, 2.05) is 0 Å². The average molecular weight is 533 g/mol. The number of benzene rings is 2. The summed E-state index contributed by atoms with van der Waals surface area (Å²) >= 11 is 12.0. The molecule has 0 aliphatic carbocycles. The van der Waals surface area contributed by atoms with Gasteiger partial charge < -0.3 is 26.0 Å². The zero-order valence-electron chi connectivity index (χ0n) is 18.6. The molecule has 0 saturated carbocycles. The minimum atomic E-state index is -0.658. The van der Waals surface area contributed by atoms with E-state index in [4.69, 9.17) is 33.7 Å². The summed E-state index contributed by atoms with van der Waals surface area (Å²) in [6.45, 7) is 0.589. The third-order valence-corrected chi connectivity index (χ3v) is 6.01. The molecular weight excluding hydrogens is 514 g/mol. The molecule has 186 valence electrons. The quantitative estimate of drug-likeness (QED) is 0.414. The van der Waals surface area contributed by atoms with Crippen molar-refractivity contribution < 1.29 is 23.5 Å². The molecule has 1 saturated heterocycles. The summed E-state index contributed by atoms with van der Waals surface area (Å²) in [4.78, 5) is 38.2. The third kappa shape index (κ3) is 5.64. The minimum Gasteiger partial charge on any atom is -0.485 e. The molecule has 1 fully saturated rings. The molecule has 2 heterocycles. The SMILES string of the molecule is Nc1nnc(C(=O)Nc2ccc(C(=O)N3CCNC(=O)C3)cc2)cc1OCc1c(Cl)ccc(F)c1Cl. The van der Waals surface area contributed by atoms with Crippen LogP contribution in [0.1, 0.15) is 26.4 Å². The van der Waals surface area contributed by atoms with Gasteiger partial charge in [0.05, 0.1) is 11.6 Å². The molecule has 0 spiro atoms. The van der Waals surface area contributed by atoms with Crippen LogP contribution >= 0.6 is 23.2 Å². The van der Waals surface area contributed by atoms with Gasteiger partial charge in [0.1, 0.15) is 12.4 Å². The van der Waals surface area contributed by atoms with Gasteiger partial charge in [0, 0.05) is 41.0 Å².